The van der Waals surface area contributed by atoms with Crippen LogP contribution in [-0.4, -0.2) is 0 Å². The van der Waals surface area contributed by atoms with Crippen LogP contribution >= 0.6 is 0 Å². The van der Waals surface area contributed by atoms with Crippen LogP contribution in [0.25, 0.3) is 28.3 Å². The van der Waals surface area contributed by atoms with Crippen LogP contribution in [0.1, 0.15) is 150 Å². The van der Waals surface area contributed by atoms with Crippen LogP contribution in [-0.2, 0) is 12.8 Å². The first-order chi connectivity index (χ1) is 24.2. The first-order valence-electron chi connectivity index (χ1n) is 20.3. The van der Waals surface area contributed by atoms with E-state index >= 15 is 0 Å². The Kier molecular flexibility index (Phi) is 11.2. The smallest absolute Gasteiger partial charge is 0.000174 e. The highest BCUT2D eigenvalue weighted by Crippen LogP contribution is 2.50. The van der Waals surface area contributed by atoms with E-state index < -0.39 is 0 Å². The number of allylic oxidation sites excluding steroid dienone is 5. The van der Waals surface area contributed by atoms with Gasteiger partial charge in [0.25, 0.3) is 0 Å². The summed E-state index contributed by atoms with van der Waals surface area (Å²) in [5.41, 5.74) is 20.6. The minimum atomic E-state index is 0.500. The minimum absolute atomic E-state index is 0.500. The van der Waals surface area contributed by atoms with Crippen LogP contribution in [0.4, 0.5) is 0 Å². The van der Waals surface area contributed by atoms with Gasteiger partial charge < -0.3 is 0 Å². The molecule has 270 valence electrons. The number of hydrogen-bond acceptors (Lipinski definition) is 0. The largest absolute Gasteiger partial charge is 0.0998 e. The Labute approximate surface area is 312 Å². The maximum absolute atomic E-state index is 4.40. The number of hydrogen-bond donors (Lipinski definition) is 0. The molecule has 0 amide bonds. The van der Waals surface area contributed by atoms with E-state index in [1.165, 1.54) is 112 Å². The fourth-order valence-corrected chi connectivity index (χ4v) is 9.46. The number of aryl methyl sites for hydroxylation is 2. The summed E-state index contributed by atoms with van der Waals surface area (Å²) in [6.07, 6.45) is 18.0. The van der Waals surface area contributed by atoms with E-state index in [2.05, 4.69) is 136 Å². The van der Waals surface area contributed by atoms with E-state index in [9.17, 15) is 0 Å². The van der Waals surface area contributed by atoms with Gasteiger partial charge in [-0.3, -0.25) is 0 Å². The van der Waals surface area contributed by atoms with Crippen molar-refractivity contribution in [1.82, 2.24) is 0 Å². The number of rotatable bonds is 9. The van der Waals surface area contributed by atoms with Crippen LogP contribution in [0.3, 0.4) is 0 Å². The van der Waals surface area contributed by atoms with Gasteiger partial charge in [0.1, 0.15) is 0 Å². The lowest BCUT2D eigenvalue weighted by Crippen LogP contribution is -2.30. The van der Waals surface area contributed by atoms with E-state index in [0.717, 1.165) is 37.0 Å². The van der Waals surface area contributed by atoms with Crippen molar-refractivity contribution in [2.45, 2.75) is 132 Å². The van der Waals surface area contributed by atoms with Gasteiger partial charge in [-0.1, -0.05) is 126 Å². The van der Waals surface area contributed by atoms with E-state index in [1.54, 1.807) is 11.1 Å². The molecule has 0 radical (unpaired) electrons. The van der Waals surface area contributed by atoms with E-state index in [0.29, 0.717) is 17.3 Å². The average molecular weight is 679 g/mol. The third-order valence-electron chi connectivity index (χ3n) is 12.3. The lowest BCUT2D eigenvalue weighted by Gasteiger charge is -2.41. The Morgan fingerprint density at radius 1 is 0.843 bits per heavy atom. The predicted octanol–water partition coefficient (Wildman–Crippen LogP) is 14.9. The van der Waals surface area contributed by atoms with Gasteiger partial charge in [-0.05, 0) is 181 Å². The second kappa shape index (κ2) is 15.3. The molecule has 7 rings (SSSR count). The van der Waals surface area contributed by atoms with Gasteiger partial charge in [-0.15, -0.1) is 0 Å². The standard InChI is InChI=1S/C46H54.C5H12/c1-8-30(5)40-19-18-37(40)24-33-11-15-34(16-12-33)43-23-32(7)41-20-17-36(26-45(41)43)38-25-39-22-31(6)42(21-28(2)3)46(44(39)27-38)35-13-9-29(4)10-14-35;1-5(2,3)4/h9-10,13-14,17,20,22-23,25-26,32-34,37,40H,2,5,8,11-12,15-16,18-19,21,24,27H2,1,3-4,6-7H3;1-4H3/t32?,33?,34?,37-,40?;/m0./s1. The first-order valence-corrected chi connectivity index (χ1v) is 20.3. The molecule has 51 heavy (non-hydrogen) atoms. The second-order valence-corrected chi connectivity index (χ2v) is 18.6. The SMILES string of the molecule is C=C(C)Cc1c(C)cc2c(c1-c1ccc(C)cc1)CC(c1ccc3c(c1)C(C1CCC(C[C@@H]4CCC4C(=C)CC)CC1)=CC3C)=C2.CC(C)(C)C. The quantitative estimate of drug-likeness (QED) is 0.198. The predicted molar refractivity (Wildman–Crippen MR) is 225 cm³/mol. The van der Waals surface area contributed by atoms with E-state index in [4.69, 9.17) is 0 Å². The van der Waals surface area contributed by atoms with Crippen LogP contribution < -0.4 is 0 Å². The van der Waals surface area contributed by atoms with Crippen molar-refractivity contribution in [2.75, 3.05) is 0 Å². The van der Waals surface area contributed by atoms with Crippen molar-refractivity contribution in [3.63, 3.8) is 0 Å². The summed E-state index contributed by atoms with van der Waals surface area (Å²) in [4.78, 5) is 0. The molecule has 4 aliphatic rings. The van der Waals surface area contributed by atoms with Gasteiger partial charge in [-0.25, -0.2) is 0 Å². The van der Waals surface area contributed by atoms with Crippen molar-refractivity contribution in [1.29, 1.82) is 0 Å². The molecule has 2 saturated carbocycles. The van der Waals surface area contributed by atoms with Crippen molar-refractivity contribution in [3.05, 3.63) is 123 Å². The molecule has 3 atom stereocenters. The zero-order chi connectivity index (χ0) is 36.6. The first kappa shape index (κ1) is 37.4. The summed E-state index contributed by atoms with van der Waals surface area (Å²) in [5, 5.41) is 0. The van der Waals surface area contributed by atoms with Crippen LogP contribution in [0.5, 0.6) is 0 Å². The Balaban J connectivity index is 0.000000839. The molecule has 0 aromatic heterocycles. The van der Waals surface area contributed by atoms with Crippen molar-refractivity contribution >= 4 is 17.2 Å². The third kappa shape index (κ3) is 8.48. The van der Waals surface area contributed by atoms with Gasteiger partial charge in [0.05, 0.1) is 0 Å². The number of benzene rings is 3. The molecular weight excluding hydrogens is 613 g/mol. The maximum Gasteiger partial charge on any atom is 0.000174 e. The third-order valence-corrected chi connectivity index (χ3v) is 12.3. The molecular formula is C51H66. The summed E-state index contributed by atoms with van der Waals surface area (Å²) in [7, 11) is 0. The minimum Gasteiger partial charge on any atom is -0.0998 e. The molecule has 3 aromatic rings. The molecule has 0 aliphatic heterocycles. The van der Waals surface area contributed by atoms with Crippen LogP contribution in [0.15, 0.2) is 78.9 Å². The molecule has 0 heteroatoms. The van der Waals surface area contributed by atoms with Gasteiger partial charge in [-0.2, -0.15) is 0 Å². The Morgan fingerprint density at radius 3 is 2.12 bits per heavy atom. The summed E-state index contributed by atoms with van der Waals surface area (Å²) in [6, 6.07) is 19.0. The molecule has 0 N–H and O–H groups in total. The summed E-state index contributed by atoms with van der Waals surface area (Å²) in [6.45, 7) is 28.8. The molecule has 0 spiro atoms. The summed E-state index contributed by atoms with van der Waals surface area (Å²) in [5.74, 6) is 3.88. The lowest BCUT2D eigenvalue weighted by atomic mass is 9.64. The molecule has 3 aromatic carbocycles. The molecule has 2 unspecified atom stereocenters. The van der Waals surface area contributed by atoms with Crippen LogP contribution in [0.2, 0.25) is 0 Å². The fourth-order valence-electron chi connectivity index (χ4n) is 9.46. The van der Waals surface area contributed by atoms with E-state index in [1.807, 2.05) is 0 Å². The maximum atomic E-state index is 4.40. The molecule has 2 fully saturated rings. The zero-order valence-corrected chi connectivity index (χ0v) is 33.6. The van der Waals surface area contributed by atoms with E-state index in [-0.39, 0.29) is 0 Å². The topological polar surface area (TPSA) is 0 Å². The van der Waals surface area contributed by atoms with Gasteiger partial charge in [0.15, 0.2) is 0 Å². The average Bonchev–Trinajstić information content (AvgIpc) is 3.63. The van der Waals surface area contributed by atoms with Crippen molar-refractivity contribution < 1.29 is 0 Å². The van der Waals surface area contributed by atoms with Crippen molar-refractivity contribution in [2.24, 2.45) is 29.1 Å². The van der Waals surface area contributed by atoms with Gasteiger partial charge >= 0.3 is 0 Å². The monoisotopic (exact) mass is 679 g/mol. The van der Waals surface area contributed by atoms with Crippen LogP contribution in [0, 0.1) is 42.9 Å². The fraction of sp³-hybridized carbons (Fsp3) is 0.490. The molecule has 0 saturated heterocycles. The number of fused-ring (bicyclic) bond motifs is 2. The van der Waals surface area contributed by atoms with Gasteiger partial charge in [0, 0.05) is 5.92 Å². The molecule has 0 bridgehead atoms. The highest BCUT2D eigenvalue weighted by atomic mass is 14.4. The van der Waals surface area contributed by atoms with Crippen molar-refractivity contribution in [3.8, 4) is 11.1 Å². The Bertz CT molecular complexity index is 1820. The zero-order valence-electron chi connectivity index (χ0n) is 33.6. The highest BCUT2D eigenvalue weighted by Gasteiger charge is 2.36. The summed E-state index contributed by atoms with van der Waals surface area (Å²) < 4.78 is 0. The lowest BCUT2D eigenvalue weighted by molar-refractivity contribution is 0.147. The second-order valence-electron chi connectivity index (χ2n) is 18.6. The molecule has 0 nitrogen and oxygen atoms in total. The Morgan fingerprint density at radius 2 is 1.51 bits per heavy atom. The molecule has 0 heterocycles. The van der Waals surface area contributed by atoms with Gasteiger partial charge in [0.2, 0.25) is 0 Å². The highest BCUT2D eigenvalue weighted by molar-refractivity contribution is 5.94. The normalized spacial score (nSPS) is 23.7. The Hall–Kier alpha value is -3.38. The molecule has 4 aliphatic carbocycles. The summed E-state index contributed by atoms with van der Waals surface area (Å²) >= 11 is 0.